The normalized spacial score (nSPS) is 11.8. The van der Waals surface area contributed by atoms with Gasteiger partial charge in [0.1, 0.15) is 22.8 Å². The lowest BCUT2D eigenvalue weighted by Crippen LogP contribution is -2.35. The third kappa shape index (κ3) is 5.16. The second kappa shape index (κ2) is 7.53. The molecule has 0 radical (unpaired) electrons. The molecule has 0 aliphatic heterocycles. The Kier molecular flexibility index (Phi) is 6.03. The number of alkyl carbamates (subject to hydrolysis) is 1. The maximum atomic E-state index is 11.6. The molecule has 7 nitrogen and oxygen atoms in total. The topological polar surface area (TPSA) is 89.4 Å². The van der Waals surface area contributed by atoms with E-state index in [0.29, 0.717) is 17.1 Å². The number of benzene rings is 1. The zero-order valence-corrected chi connectivity index (χ0v) is 13.5. The molecule has 22 heavy (non-hydrogen) atoms. The average molecular weight is 310 g/mol. The molecule has 122 valence electrons. The first-order valence-corrected chi connectivity index (χ1v) is 6.71. The Balaban J connectivity index is 2.83. The molecule has 0 aromatic heterocycles. The van der Waals surface area contributed by atoms with Crippen LogP contribution in [0.25, 0.3) is 0 Å². The Morgan fingerprint density at radius 1 is 1.27 bits per heavy atom. The zero-order chi connectivity index (χ0) is 16.8. The standard InChI is InChI=1S/C15H22N2O5/c1-15(2,3)22-14(18)16-9-12(17-19)11-7-6-10(20-4)8-13(11)21-5/h6-8,19H,9H2,1-5H3,(H,16,18). The predicted octanol–water partition coefficient (Wildman–Crippen LogP) is 2.41. The van der Waals surface area contributed by atoms with Crippen molar-refractivity contribution in [2.24, 2.45) is 5.16 Å². The van der Waals surface area contributed by atoms with Crippen LogP contribution in [0.15, 0.2) is 23.4 Å². The Morgan fingerprint density at radius 3 is 2.45 bits per heavy atom. The molecule has 1 aromatic carbocycles. The van der Waals surface area contributed by atoms with Crippen LogP contribution in [0.4, 0.5) is 4.79 Å². The van der Waals surface area contributed by atoms with Crippen molar-refractivity contribution in [3.8, 4) is 11.5 Å². The van der Waals surface area contributed by atoms with E-state index in [1.807, 2.05) is 0 Å². The summed E-state index contributed by atoms with van der Waals surface area (Å²) in [6.45, 7) is 5.29. The molecule has 0 bridgehead atoms. The molecule has 0 heterocycles. The summed E-state index contributed by atoms with van der Waals surface area (Å²) >= 11 is 0. The molecular formula is C15H22N2O5. The van der Waals surface area contributed by atoms with E-state index in [2.05, 4.69) is 10.5 Å². The quantitative estimate of drug-likeness (QED) is 0.495. The first-order valence-electron chi connectivity index (χ1n) is 6.71. The lowest BCUT2D eigenvalue weighted by atomic mass is 10.1. The zero-order valence-electron chi connectivity index (χ0n) is 13.5. The van der Waals surface area contributed by atoms with Crippen LogP contribution in [0.3, 0.4) is 0 Å². The third-order valence-corrected chi connectivity index (χ3v) is 2.64. The lowest BCUT2D eigenvalue weighted by molar-refractivity contribution is 0.0536. The highest BCUT2D eigenvalue weighted by Crippen LogP contribution is 2.25. The summed E-state index contributed by atoms with van der Waals surface area (Å²) in [5.74, 6) is 1.08. The van der Waals surface area contributed by atoms with Crippen LogP contribution in [0.2, 0.25) is 0 Å². The van der Waals surface area contributed by atoms with Gasteiger partial charge in [0.15, 0.2) is 0 Å². The van der Waals surface area contributed by atoms with E-state index in [9.17, 15) is 10.0 Å². The number of amides is 1. The molecule has 0 aliphatic carbocycles. The Hall–Kier alpha value is -2.44. The highest BCUT2D eigenvalue weighted by Gasteiger charge is 2.18. The summed E-state index contributed by atoms with van der Waals surface area (Å²) in [5, 5.41) is 14.9. The van der Waals surface area contributed by atoms with Crippen molar-refractivity contribution in [2.75, 3.05) is 20.8 Å². The van der Waals surface area contributed by atoms with Crippen molar-refractivity contribution in [1.29, 1.82) is 0 Å². The minimum Gasteiger partial charge on any atom is -0.497 e. The largest absolute Gasteiger partial charge is 0.497 e. The van der Waals surface area contributed by atoms with Crippen LogP contribution in [-0.2, 0) is 4.74 Å². The van der Waals surface area contributed by atoms with Crippen molar-refractivity contribution >= 4 is 11.8 Å². The van der Waals surface area contributed by atoms with E-state index in [1.165, 1.54) is 7.11 Å². The highest BCUT2D eigenvalue weighted by molar-refractivity contribution is 6.05. The van der Waals surface area contributed by atoms with E-state index in [1.54, 1.807) is 46.1 Å². The van der Waals surface area contributed by atoms with Gasteiger partial charge in [0.25, 0.3) is 0 Å². The van der Waals surface area contributed by atoms with Gasteiger partial charge in [0.2, 0.25) is 0 Å². The lowest BCUT2D eigenvalue weighted by Gasteiger charge is -2.20. The predicted molar refractivity (Wildman–Crippen MR) is 82.1 cm³/mol. The van der Waals surface area contributed by atoms with Crippen molar-refractivity contribution < 1.29 is 24.2 Å². The molecule has 1 amide bonds. The number of oxime groups is 1. The van der Waals surface area contributed by atoms with Gasteiger partial charge in [-0.25, -0.2) is 4.79 Å². The minimum atomic E-state index is -0.599. The number of nitrogens with one attached hydrogen (secondary N) is 1. The number of ether oxygens (including phenoxy) is 3. The number of hydrogen-bond acceptors (Lipinski definition) is 6. The van der Waals surface area contributed by atoms with Gasteiger partial charge < -0.3 is 24.7 Å². The molecule has 0 saturated carbocycles. The SMILES string of the molecule is COc1ccc(C(CNC(=O)OC(C)(C)C)=NO)c(OC)c1. The molecule has 0 spiro atoms. The van der Waals surface area contributed by atoms with E-state index in [0.717, 1.165) is 0 Å². The molecular weight excluding hydrogens is 288 g/mol. The second-order valence-electron chi connectivity index (χ2n) is 5.47. The Labute approximate surface area is 129 Å². The maximum Gasteiger partial charge on any atom is 0.407 e. The molecule has 0 fully saturated rings. The summed E-state index contributed by atoms with van der Waals surface area (Å²) in [6.07, 6.45) is -0.596. The number of hydrogen-bond donors (Lipinski definition) is 2. The number of carbonyl (C=O) groups is 1. The fraction of sp³-hybridized carbons (Fsp3) is 0.467. The van der Waals surface area contributed by atoms with E-state index in [-0.39, 0.29) is 12.3 Å². The van der Waals surface area contributed by atoms with Gasteiger partial charge in [-0.2, -0.15) is 0 Å². The molecule has 2 N–H and O–H groups in total. The molecule has 0 atom stereocenters. The van der Waals surface area contributed by atoms with Crippen molar-refractivity contribution in [1.82, 2.24) is 5.32 Å². The van der Waals surface area contributed by atoms with Crippen LogP contribution in [0.1, 0.15) is 26.3 Å². The first kappa shape index (κ1) is 17.6. The maximum absolute atomic E-state index is 11.6. The Bertz CT molecular complexity index is 549. The van der Waals surface area contributed by atoms with Gasteiger partial charge in [-0.1, -0.05) is 5.16 Å². The van der Waals surface area contributed by atoms with Gasteiger partial charge in [0, 0.05) is 11.6 Å². The van der Waals surface area contributed by atoms with Crippen LogP contribution in [-0.4, -0.2) is 43.4 Å². The van der Waals surface area contributed by atoms with Gasteiger partial charge in [-0.05, 0) is 32.9 Å². The molecule has 1 rings (SSSR count). The molecule has 0 unspecified atom stereocenters. The van der Waals surface area contributed by atoms with Crippen LogP contribution in [0, 0.1) is 0 Å². The van der Waals surface area contributed by atoms with Gasteiger partial charge in [-0.15, -0.1) is 0 Å². The minimum absolute atomic E-state index is 0.00585. The van der Waals surface area contributed by atoms with Crippen LogP contribution >= 0.6 is 0 Å². The van der Waals surface area contributed by atoms with Crippen LogP contribution < -0.4 is 14.8 Å². The second-order valence-corrected chi connectivity index (χ2v) is 5.47. The van der Waals surface area contributed by atoms with Crippen molar-refractivity contribution in [2.45, 2.75) is 26.4 Å². The third-order valence-electron chi connectivity index (χ3n) is 2.64. The smallest absolute Gasteiger partial charge is 0.407 e. The molecule has 7 heteroatoms. The van der Waals surface area contributed by atoms with E-state index < -0.39 is 11.7 Å². The fourth-order valence-corrected chi connectivity index (χ4v) is 1.69. The molecule has 0 aliphatic rings. The number of rotatable bonds is 5. The van der Waals surface area contributed by atoms with Gasteiger partial charge >= 0.3 is 6.09 Å². The summed E-state index contributed by atoms with van der Waals surface area (Å²) in [6, 6.07) is 5.05. The molecule has 0 saturated heterocycles. The Morgan fingerprint density at radius 2 is 1.95 bits per heavy atom. The van der Waals surface area contributed by atoms with Crippen LogP contribution in [0.5, 0.6) is 11.5 Å². The summed E-state index contributed by atoms with van der Waals surface area (Å²) in [7, 11) is 3.04. The summed E-state index contributed by atoms with van der Waals surface area (Å²) < 4.78 is 15.5. The van der Waals surface area contributed by atoms with Crippen molar-refractivity contribution in [3.05, 3.63) is 23.8 Å². The monoisotopic (exact) mass is 310 g/mol. The van der Waals surface area contributed by atoms with E-state index >= 15 is 0 Å². The van der Waals surface area contributed by atoms with Crippen molar-refractivity contribution in [3.63, 3.8) is 0 Å². The summed E-state index contributed by atoms with van der Waals surface area (Å²) in [5.41, 5.74) is 0.186. The first-order chi connectivity index (χ1) is 10.3. The fourth-order valence-electron chi connectivity index (χ4n) is 1.69. The molecule has 1 aromatic rings. The average Bonchev–Trinajstić information content (AvgIpc) is 2.46. The number of carbonyl (C=O) groups excluding carboxylic acids is 1. The van der Waals surface area contributed by atoms with E-state index in [4.69, 9.17) is 14.2 Å². The highest BCUT2D eigenvalue weighted by atomic mass is 16.6. The van der Waals surface area contributed by atoms with Gasteiger partial charge in [-0.3, -0.25) is 0 Å². The van der Waals surface area contributed by atoms with Gasteiger partial charge in [0.05, 0.1) is 20.8 Å². The summed E-state index contributed by atoms with van der Waals surface area (Å²) in [4.78, 5) is 11.6. The number of nitrogens with zero attached hydrogens (tertiary/aromatic N) is 1. The number of methoxy groups -OCH3 is 2.